The van der Waals surface area contributed by atoms with E-state index in [4.69, 9.17) is 11.5 Å². The fourth-order valence-corrected chi connectivity index (χ4v) is 3.74. The Balaban J connectivity index is 0.0000137. The SMILES string of the molecule is NC(=O)CN(CCN(CC(=O)[O-])CC(Cc1ccc(N=C=S)cc1)N(CC(N)=O)CC(=O)[O-])CC(=O)[O-].[Eu+3]. The molecule has 1 rings (SSSR count). The number of carbonyl (C=O) groups excluding carboxylic acids is 5. The van der Waals surface area contributed by atoms with Crippen LogP contribution in [0.1, 0.15) is 5.56 Å². The van der Waals surface area contributed by atoms with E-state index in [0.717, 1.165) is 4.90 Å². The van der Waals surface area contributed by atoms with Gasteiger partial charge in [0.1, 0.15) is 0 Å². The van der Waals surface area contributed by atoms with E-state index in [1.54, 1.807) is 24.3 Å². The van der Waals surface area contributed by atoms with E-state index in [9.17, 15) is 39.3 Å². The average Bonchev–Trinajstić information content (AvgIpc) is 2.76. The fourth-order valence-electron chi connectivity index (χ4n) is 3.64. The van der Waals surface area contributed by atoms with Gasteiger partial charge in [0.2, 0.25) is 11.8 Å². The molecule has 0 saturated carbocycles. The van der Waals surface area contributed by atoms with Crippen molar-refractivity contribution in [3.8, 4) is 0 Å². The van der Waals surface area contributed by atoms with Gasteiger partial charge in [-0.15, -0.1) is 0 Å². The van der Waals surface area contributed by atoms with Crippen LogP contribution in [-0.2, 0) is 30.4 Å². The number of isothiocyanates is 1. The first-order valence-corrected chi connectivity index (χ1v) is 11.3. The number of carbonyl (C=O) groups is 5. The summed E-state index contributed by atoms with van der Waals surface area (Å²) in [6, 6.07) is 5.91. The molecule has 14 nitrogen and oxygen atoms in total. The molecule has 0 spiro atoms. The quantitative estimate of drug-likeness (QED) is 0.103. The van der Waals surface area contributed by atoms with Gasteiger partial charge in [-0.05, 0) is 36.3 Å². The predicted octanol–water partition coefficient (Wildman–Crippen LogP) is -5.54. The molecule has 0 radical (unpaired) electrons. The van der Waals surface area contributed by atoms with Crippen LogP contribution in [0.5, 0.6) is 0 Å². The second-order valence-electron chi connectivity index (χ2n) is 8.13. The van der Waals surface area contributed by atoms with E-state index < -0.39 is 68.5 Å². The number of nitrogens with two attached hydrogens (primary N) is 2. The largest absolute Gasteiger partial charge is 3.00 e. The number of hydrogen-bond acceptors (Lipinski definition) is 13. The number of carboxylic acids is 3. The van der Waals surface area contributed by atoms with Crippen LogP contribution in [0.15, 0.2) is 29.3 Å². The molecule has 2 amide bonds. The molecule has 1 unspecified atom stereocenters. The molecule has 1 aromatic rings. The third-order valence-electron chi connectivity index (χ3n) is 5.08. The first-order chi connectivity index (χ1) is 17.4. The van der Waals surface area contributed by atoms with Gasteiger partial charge in [0.05, 0.1) is 41.8 Å². The number of rotatable bonds is 19. The number of thiocarbonyl (C=S) groups is 1. The second kappa shape index (κ2) is 19.0. The number of aliphatic carboxylic acids is 3. The van der Waals surface area contributed by atoms with Crippen LogP contribution in [0.25, 0.3) is 0 Å². The normalized spacial score (nSPS) is 11.4. The Morgan fingerprint density at radius 3 is 1.79 bits per heavy atom. The maximum atomic E-state index is 11.7. The molecule has 38 heavy (non-hydrogen) atoms. The van der Waals surface area contributed by atoms with E-state index in [0.29, 0.717) is 11.3 Å². The summed E-state index contributed by atoms with van der Waals surface area (Å²) in [6.07, 6.45) is 0.162. The topological polar surface area (TPSA) is 229 Å². The summed E-state index contributed by atoms with van der Waals surface area (Å²) in [6.45, 7) is -3.01. The molecule has 0 saturated heterocycles. The van der Waals surface area contributed by atoms with Crippen molar-refractivity contribution >= 4 is 52.8 Å². The summed E-state index contributed by atoms with van der Waals surface area (Å²) in [7, 11) is 0. The van der Waals surface area contributed by atoms with Crippen molar-refractivity contribution in [2.45, 2.75) is 12.5 Å². The van der Waals surface area contributed by atoms with Crippen LogP contribution in [0.4, 0.5) is 5.69 Å². The Labute approximate surface area is 265 Å². The number of amides is 2. The van der Waals surface area contributed by atoms with Gasteiger partial charge >= 0.3 is 49.4 Å². The predicted molar refractivity (Wildman–Crippen MR) is 126 cm³/mol. The fraction of sp³-hybridized carbons (Fsp3) is 0.455. The summed E-state index contributed by atoms with van der Waals surface area (Å²) in [5, 5.41) is 36.0. The molecular formula is C22H27EuN6O8S. The first-order valence-electron chi connectivity index (χ1n) is 10.9. The smallest absolute Gasteiger partial charge is 0.549 e. The minimum Gasteiger partial charge on any atom is -0.549 e. The maximum absolute atomic E-state index is 11.7. The van der Waals surface area contributed by atoms with Gasteiger partial charge in [0.15, 0.2) is 0 Å². The second-order valence-corrected chi connectivity index (χ2v) is 8.31. The molecule has 0 bridgehead atoms. The first kappa shape index (κ1) is 35.8. The van der Waals surface area contributed by atoms with Gasteiger partial charge in [0.25, 0.3) is 0 Å². The average molecular weight is 688 g/mol. The summed E-state index contributed by atoms with van der Waals surface area (Å²) in [5.41, 5.74) is 11.7. The number of benzene rings is 1. The van der Waals surface area contributed by atoms with E-state index in [-0.39, 0.29) is 75.4 Å². The van der Waals surface area contributed by atoms with Crippen molar-refractivity contribution in [1.82, 2.24) is 14.7 Å². The third kappa shape index (κ3) is 15.9. The minimum atomic E-state index is -1.48. The molecule has 0 aromatic heterocycles. The van der Waals surface area contributed by atoms with Gasteiger partial charge in [-0.2, -0.15) is 4.99 Å². The van der Waals surface area contributed by atoms with Crippen molar-refractivity contribution < 1.29 is 88.7 Å². The zero-order chi connectivity index (χ0) is 28.0. The molecule has 0 heterocycles. The van der Waals surface area contributed by atoms with Crippen LogP contribution in [-0.4, -0.2) is 108 Å². The summed E-state index contributed by atoms with van der Waals surface area (Å²) in [5.74, 6) is -6.01. The number of nitrogens with zero attached hydrogens (tertiary/aromatic N) is 4. The third-order valence-corrected chi connectivity index (χ3v) is 5.17. The number of primary amides is 2. The standard InChI is InChI=1S/C22H30N6O8S.Eu/c23-18(29)9-27(12-21(33)34)6-5-26(11-20(31)32)8-17(28(10-19(24)30)13-22(35)36)7-15-1-3-16(4-2-15)25-14-37;/h1-4,17H,5-13H2,(H2,23,29)(H2,24,30)(H,31,32)(H,33,34)(H,35,36);/q;+3/p-3. The van der Waals surface area contributed by atoms with Crippen molar-refractivity contribution in [2.75, 3.05) is 52.4 Å². The Kier molecular flexibility index (Phi) is 17.9. The van der Waals surface area contributed by atoms with Crippen molar-refractivity contribution in [3.05, 3.63) is 29.8 Å². The molecule has 1 aromatic carbocycles. The van der Waals surface area contributed by atoms with Crippen LogP contribution in [0, 0.1) is 49.4 Å². The molecule has 0 fully saturated rings. The molecule has 16 heteroatoms. The zero-order valence-electron chi connectivity index (χ0n) is 20.2. The van der Waals surface area contributed by atoms with Crippen molar-refractivity contribution in [3.63, 3.8) is 0 Å². The van der Waals surface area contributed by atoms with Crippen LogP contribution < -0.4 is 26.8 Å². The van der Waals surface area contributed by atoms with Gasteiger partial charge in [-0.3, -0.25) is 24.3 Å². The van der Waals surface area contributed by atoms with E-state index in [1.165, 1.54) is 9.80 Å². The number of aliphatic imine (C=N–C) groups is 1. The van der Waals surface area contributed by atoms with Crippen LogP contribution >= 0.6 is 12.2 Å². The van der Waals surface area contributed by atoms with Crippen LogP contribution in [0.3, 0.4) is 0 Å². The monoisotopic (exact) mass is 688 g/mol. The Hall–Kier alpha value is -2.17. The van der Waals surface area contributed by atoms with Gasteiger partial charge in [-0.1, -0.05) is 12.1 Å². The molecule has 4 N–H and O–H groups in total. The Bertz CT molecular complexity index is 990. The Morgan fingerprint density at radius 1 is 0.816 bits per heavy atom. The Morgan fingerprint density at radius 2 is 1.32 bits per heavy atom. The zero-order valence-corrected chi connectivity index (χ0v) is 23.5. The minimum absolute atomic E-state index is 0. The summed E-state index contributed by atoms with van der Waals surface area (Å²) in [4.78, 5) is 64.3. The molecular weight excluding hydrogens is 660 g/mol. The molecule has 0 aliphatic carbocycles. The van der Waals surface area contributed by atoms with Crippen LogP contribution in [0.2, 0.25) is 0 Å². The molecule has 206 valence electrons. The molecule has 0 aliphatic rings. The molecule has 1 atom stereocenters. The van der Waals surface area contributed by atoms with Gasteiger partial charge in [0, 0.05) is 45.3 Å². The van der Waals surface area contributed by atoms with Crippen molar-refractivity contribution in [2.24, 2.45) is 16.5 Å². The van der Waals surface area contributed by atoms with Crippen molar-refractivity contribution in [1.29, 1.82) is 0 Å². The van der Waals surface area contributed by atoms with E-state index in [1.807, 2.05) is 0 Å². The number of carboxylic acid groups (broad SMARTS) is 3. The maximum Gasteiger partial charge on any atom is 3.00 e. The van der Waals surface area contributed by atoms with Gasteiger partial charge in [-0.25, -0.2) is 0 Å². The van der Waals surface area contributed by atoms with Gasteiger partial charge < -0.3 is 41.2 Å². The summed E-state index contributed by atoms with van der Waals surface area (Å²) < 4.78 is 0. The van der Waals surface area contributed by atoms with E-state index >= 15 is 0 Å². The van der Waals surface area contributed by atoms with E-state index in [2.05, 4.69) is 22.4 Å². The molecule has 0 aliphatic heterocycles. The summed E-state index contributed by atoms with van der Waals surface area (Å²) >= 11 is 4.57. The number of hydrogen-bond donors (Lipinski definition) is 2.